The molecule has 1 aromatic carbocycles. The molecule has 0 N–H and O–H groups in total. The van der Waals surface area contributed by atoms with E-state index in [0.29, 0.717) is 0 Å². The Bertz CT molecular complexity index is 146. The average Bonchev–Trinajstić information content (AvgIpc) is 1.69. The molecule has 0 aromatic heterocycles. The zero-order valence-corrected chi connectivity index (χ0v) is 9.09. The maximum absolute atomic E-state index is 11.9. The molecule has 0 atom stereocenters. The number of hydrogen-bond donors (Lipinski definition) is 0. The Hall–Kier alpha value is 0.613. The van der Waals surface area contributed by atoms with E-state index < -0.39 is 0 Å². The van der Waals surface area contributed by atoms with Gasteiger partial charge in [-0.05, 0) is 0 Å². The molecule has 0 nitrogen and oxygen atoms in total. The van der Waals surface area contributed by atoms with Crippen molar-refractivity contribution in [2.45, 2.75) is 0 Å². The Balaban J connectivity index is -0.000000163. The molecule has 0 unspecified atom stereocenters. The summed E-state index contributed by atoms with van der Waals surface area (Å²) in [5.74, 6) is -0.209. The molecule has 0 heterocycles. The van der Waals surface area contributed by atoms with Crippen molar-refractivity contribution in [1.29, 1.82) is 0 Å². The molecule has 0 saturated carbocycles. The Kier molecular flexibility index (Phi) is 16.3. The molecule has 0 radical (unpaired) electrons. The number of rotatable bonds is 0. The molecule has 0 aliphatic carbocycles. The topological polar surface area (TPSA) is 0 Å². The van der Waals surface area contributed by atoms with E-state index in [0.717, 1.165) is 0 Å². The summed E-state index contributed by atoms with van der Waals surface area (Å²) in [4.78, 5) is 0. The monoisotopic (exact) mass is 257 g/mol. The summed E-state index contributed by atoms with van der Waals surface area (Å²) >= 11 is 0. The predicted octanol–water partition coefficient (Wildman–Crippen LogP) is 2.47. The van der Waals surface area contributed by atoms with Crippen LogP contribution >= 0.6 is 24.8 Å². The van der Waals surface area contributed by atoms with Crippen LogP contribution in [0.5, 0.6) is 0 Å². The molecular weight excluding hydrogens is 253 g/mol. The third-order valence-electron chi connectivity index (χ3n) is 0.678. The third-order valence-corrected chi connectivity index (χ3v) is 0.678. The van der Waals surface area contributed by atoms with Gasteiger partial charge in [0.2, 0.25) is 0 Å². The fourth-order valence-electron chi connectivity index (χ4n) is 0.367. The molecule has 1 rings (SSSR count). The zero-order chi connectivity index (χ0) is 5.11. The fourth-order valence-corrected chi connectivity index (χ4v) is 0.367. The van der Waals surface area contributed by atoms with Crippen LogP contribution in [-0.2, 0) is 26.2 Å². The molecule has 10 heavy (non-hydrogen) atoms. The second-order valence-electron chi connectivity index (χ2n) is 1.22. The van der Waals surface area contributed by atoms with E-state index >= 15 is 0 Å². The van der Waals surface area contributed by atoms with Gasteiger partial charge in [-0.25, -0.2) is 4.39 Å². The molecule has 0 aliphatic heterocycles. The number of halogens is 3. The van der Waals surface area contributed by atoms with Crippen LogP contribution in [0.2, 0.25) is 0 Å². The Morgan fingerprint density at radius 1 is 1.10 bits per heavy atom. The van der Waals surface area contributed by atoms with Crippen LogP contribution < -0.4 is 0 Å². The summed E-state index contributed by atoms with van der Waals surface area (Å²) in [5.41, 5.74) is 0. The van der Waals surface area contributed by atoms with Crippen molar-refractivity contribution in [1.82, 2.24) is 0 Å². The SMILES string of the molecule is Cl.Cl.Fc1cc[c-]cc1.[Zr]. The molecule has 56 valence electrons. The van der Waals surface area contributed by atoms with Gasteiger partial charge in [-0.2, -0.15) is 18.2 Å². The summed E-state index contributed by atoms with van der Waals surface area (Å²) in [6.45, 7) is 0. The van der Waals surface area contributed by atoms with Crippen LogP contribution in [0.25, 0.3) is 0 Å². The van der Waals surface area contributed by atoms with Crippen LogP contribution in [0, 0.1) is 11.9 Å². The maximum Gasteiger partial charge on any atom is 0.0151 e. The van der Waals surface area contributed by atoms with Gasteiger partial charge < -0.3 is 0 Å². The van der Waals surface area contributed by atoms with Gasteiger partial charge >= 0.3 is 0 Å². The Labute approximate surface area is 91.2 Å². The summed E-state index contributed by atoms with van der Waals surface area (Å²) in [6.07, 6.45) is 0. The first kappa shape index (κ1) is 16.9. The average molecular weight is 259 g/mol. The van der Waals surface area contributed by atoms with E-state index in [9.17, 15) is 4.39 Å². The molecule has 1 aromatic rings. The maximum atomic E-state index is 11.9. The van der Waals surface area contributed by atoms with Gasteiger partial charge in [0.25, 0.3) is 0 Å². The molecule has 0 spiro atoms. The van der Waals surface area contributed by atoms with E-state index in [1.807, 2.05) is 0 Å². The van der Waals surface area contributed by atoms with Crippen LogP contribution in [0.3, 0.4) is 0 Å². The summed E-state index contributed by atoms with van der Waals surface area (Å²) in [7, 11) is 0. The van der Waals surface area contributed by atoms with Crippen molar-refractivity contribution < 1.29 is 30.6 Å². The summed E-state index contributed by atoms with van der Waals surface area (Å²) < 4.78 is 11.9. The predicted molar refractivity (Wildman–Crippen MR) is 39.7 cm³/mol. The first-order valence-corrected chi connectivity index (χ1v) is 2.01. The van der Waals surface area contributed by atoms with E-state index in [4.69, 9.17) is 0 Å². The largest absolute Gasteiger partial charge is 0.236 e. The van der Waals surface area contributed by atoms with Crippen LogP contribution in [0.1, 0.15) is 0 Å². The molecule has 0 aliphatic rings. The number of hydrogen-bond acceptors (Lipinski definition) is 0. The van der Waals surface area contributed by atoms with Gasteiger partial charge in [-0.3, -0.25) is 0 Å². The minimum atomic E-state index is -0.209. The normalized spacial score (nSPS) is 6.10. The van der Waals surface area contributed by atoms with E-state index in [1.54, 1.807) is 0 Å². The van der Waals surface area contributed by atoms with Gasteiger partial charge in [0.1, 0.15) is 0 Å². The van der Waals surface area contributed by atoms with E-state index in [2.05, 4.69) is 6.07 Å². The minimum absolute atomic E-state index is 0. The second kappa shape index (κ2) is 9.61. The van der Waals surface area contributed by atoms with Gasteiger partial charge in [0, 0.05) is 32.0 Å². The van der Waals surface area contributed by atoms with Gasteiger partial charge in [-0.1, -0.05) is 0 Å². The van der Waals surface area contributed by atoms with Crippen molar-refractivity contribution in [3.8, 4) is 0 Å². The van der Waals surface area contributed by atoms with E-state index in [-0.39, 0.29) is 56.8 Å². The molecule has 4 heteroatoms. The van der Waals surface area contributed by atoms with Crippen molar-refractivity contribution in [2.75, 3.05) is 0 Å². The van der Waals surface area contributed by atoms with Crippen molar-refractivity contribution >= 4 is 24.8 Å². The second-order valence-corrected chi connectivity index (χ2v) is 1.22. The molecule has 0 saturated heterocycles. The van der Waals surface area contributed by atoms with Crippen molar-refractivity contribution in [3.63, 3.8) is 0 Å². The van der Waals surface area contributed by atoms with Crippen LogP contribution in [0.15, 0.2) is 24.3 Å². The van der Waals surface area contributed by atoms with Gasteiger partial charge in [-0.15, -0.1) is 36.9 Å². The Morgan fingerprint density at radius 3 is 1.70 bits per heavy atom. The standard InChI is InChI=1S/C6H4F.2ClH.Zr/c7-6-4-2-1-3-5-6;;;/h2-5H;2*1H;/q-1;;;. The Morgan fingerprint density at radius 2 is 1.50 bits per heavy atom. The third kappa shape index (κ3) is 6.73. The smallest absolute Gasteiger partial charge is 0.0151 e. The quantitative estimate of drug-likeness (QED) is 0.628. The minimum Gasteiger partial charge on any atom is -0.236 e. The van der Waals surface area contributed by atoms with Gasteiger partial charge in [0.15, 0.2) is 0 Å². The molecule has 0 bridgehead atoms. The fraction of sp³-hybridized carbons (Fsp3) is 0. The zero-order valence-electron chi connectivity index (χ0n) is 5.00. The molecule has 0 fully saturated rings. The van der Waals surface area contributed by atoms with E-state index in [1.165, 1.54) is 24.3 Å². The number of benzene rings is 1. The van der Waals surface area contributed by atoms with Gasteiger partial charge in [0.05, 0.1) is 0 Å². The van der Waals surface area contributed by atoms with Crippen LogP contribution in [-0.4, -0.2) is 0 Å². The van der Waals surface area contributed by atoms with Crippen molar-refractivity contribution in [3.05, 3.63) is 36.1 Å². The first-order chi connectivity index (χ1) is 3.39. The first-order valence-electron chi connectivity index (χ1n) is 2.01. The summed E-state index contributed by atoms with van der Waals surface area (Å²) in [6, 6.07) is 8.49. The summed E-state index contributed by atoms with van der Waals surface area (Å²) in [5, 5.41) is 0. The molecular formula is C6H6Cl2FZr-. The van der Waals surface area contributed by atoms with Crippen molar-refractivity contribution in [2.24, 2.45) is 0 Å². The molecule has 0 amide bonds. The van der Waals surface area contributed by atoms with Crippen LogP contribution in [0.4, 0.5) is 4.39 Å².